The van der Waals surface area contributed by atoms with Gasteiger partial charge in [0.25, 0.3) is 10.2 Å². The van der Waals surface area contributed by atoms with Gasteiger partial charge in [-0.3, -0.25) is 0 Å². The quantitative estimate of drug-likeness (QED) is 0.842. The van der Waals surface area contributed by atoms with Crippen LogP contribution in [0.2, 0.25) is 0 Å². The molecule has 0 unspecified atom stereocenters. The predicted molar refractivity (Wildman–Crippen MR) is 66.3 cm³/mol. The van der Waals surface area contributed by atoms with E-state index >= 15 is 0 Å². The van der Waals surface area contributed by atoms with Crippen molar-refractivity contribution < 1.29 is 17.6 Å². The van der Waals surface area contributed by atoms with Crippen molar-refractivity contribution in [3.8, 4) is 0 Å². The second kappa shape index (κ2) is 5.83. The summed E-state index contributed by atoms with van der Waals surface area (Å²) in [6.07, 6.45) is 2.12. The van der Waals surface area contributed by atoms with Gasteiger partial charge in [-0.05, 0) is 19.1 Å². The van der Waals surface area contributed by atoms with E-state index in [-0.39, 0.29) is 6.04 Å². The monoisotopic (exact) mass is 274 g/mol. The minimum absolute atomic E-state index is 0.205. The Morgan fingerprint density at radius 3 is 2.78 bits per heavy atom. The minimum atomic E-state index is -3.42. The molecule has 1 aromatic heterocycles. The molecule has 0 aliphatic carbocycles. The Labute approximate surface area is 107 Å². The summed E-state index contributed by atoms with van der Waals surface area (Å²) in [5, 5.41) is 0. The van der Waals surface area contributed by atoms with Crippen LogP contribution in [0.3, 0.4) is 0 Å². The van der Waals surface area contributed by atoms with Crippen LogP contribution in [-0.2, 0) is 21.4 Å². The SMILES string of the molecule is C[C@H](Cc1ccco1)NS(=O)(=O)N1CCOCC1. The lowest BCUT2D eigenvalue weighted by atomic mass is 10.2. The van der Waals surface area contributed by atoms with Crippen LogP contribution in [0.5, 0.6) is 0 Å². The molecule has 0 spiro atoms. The molecule has 18 heavy (non-hydrogen) atoms. The molecular formula is C11H18N2O4S. The normalized spacial score (nSPS) is 19.8. The Hall–Kier alpha value is -0.890. The van der Waals surface area contributed by atoms with E-state index in [0.29, 0.717) is 32.7 Å². The molecule has 1 N–H and O–H groups in total. The Kier molecular flexibility index (Phi) is 4.39. The molecule has 0 radical (unpaired) electrons. The summed E-state index contributed by atoms with van der Waals surface area (Å²) in [6, 6.07) is 3.42. The zero-order chi connectivity index (χ0) is 13.0. The zero-order valence-electron chi connectivity index (χ0n) is 10.3. The van der Waals surface area contributed by atoms with Crippen molar-refractivity contribution in [3.63, 3.8) is 0 Å². The summed E-state index contributed by atoms with van der Waals surface area (Å²) in [6.45, 7) is 3.53. The van der Waals surface area contributed by atoms with Gasteiger partial charge in [0.05, 0.1) is 19.5 Å². The molecule has 2 rings (SSSR count). The molecule has 6 nitrogen and oxygen atoms in total. The van der Waals surface area contributed by atoms with Gasteiger partial charge in [0.15, 0.2) is 0 Å². The average Bonchev–Trinajstić information content (AvgIpc) is 2.82. The zero-order valence-corrected chi connectivity index (χ0v) is 11.1. The van der Waals surface area contributed by atoms with Gasteiger partial charge in [-0.1, -0.05) is 0 Å². The third-order valence-electron chi connectivity index (χ3n) is 2.75. The van der Waals surface area contributed by atoms with Crippen molar-refractivity contribution >= 4 is 10.2 Å². The van der Waals surface area contributed by atoms with Crippen LogP contribution >= 0.6 is 0 Å². The largest absolute Gasteiger partial charge is 0.469 e. The molecule has 1 saturated heterocycles. The lowest BCUT2D eigenvalue weighted by molar-refractivity contribution is 0.0723. The smallest absolute Gasteiger partial charge is 0.279 e. The molecule has 102 valence electrons. The number of morpholine rings is 1. The van der Waals surface area contributed by atoms with Gasteiger partial charge in [-0.2, -0.15) is 17.4 Å². The number of hydrogen-bond donors (Lipinski definition) is 1. The lowest BCUT2D eigenvalue weighted by Crippen LogP contribution is -2.49. The second-order valence-electron chi connectivity index (χ2n) is 4.32. The average molecular weight is 274 g/mol. The van der Waals surface area contributed by atoms with Crippen LogP contribution in [0.15, 0.2) is 22.8 Å². The van der Waals surface area contributed by atoms with Gasteiger partial charge < -0.3 is 9.15 Å². The van der Waals surface area contributed by atoms with E-state index in [1.165, 1.54) is 4.31 Å². The number of nitrogens with zero attached hydrogens (tertiary/aromatic N) is 1. The predicted octanol–water partition coefficient (Wildman–Crippen LogP) is 0.377. The van der Waals surface area contributed by atoms with Crippen molar-refractivity contribution in [2.75, 3.05) is 26.3 Å². The summed E-state index contributed by atoms with van der Waals surface area (Å²) in [7, 11) is -3.42. The molecule has 0 amide bonds. The molecule has 0 aromatic carbocycles. The van der Waals surface area contributed by atoms with E-state index in [1.807, 2.05) is 13.0 Å². The van der Waals surface area contributed by atoms with Crippen LogP contribution in [0, 0.1) is 0 Å². The molecule has 0 saturated carbocycles. The molecule has 1 aliphatic rings. The topological polar surface area (TPSA) is 71.8 Å². The fourth-order valence-corrected chi connectivity index (χ4v) is 3.26. The summed E-state index contributed by atoms with van der Waals surface area (Å²) < 4.78 is 38.5. The summed E-state index contributed by atoms with van der Waals surface area (Å²) in [5.41, 5.74) is 0. The maximum atomic E-state index is 12.1. The summed E-state index contributed by atoms with van der Waals surface area (Å²) in [4.78, 5) is 0. The number of nitrogens with one attached hydrogen (secondary N) is 1. The van der Waals surface area contributed by atoms with E-state index in [9.17, 15) is 8.42 Å². The third kappa shape index (κ3) is 3.55. The standard InChI is InChI=1S/C11H18N2O4S/c1-10(9-11-3-2-6-17-11)12-18(14,15)13-4-7-16-8-5-13/h2-3,6,10,12H,4-5,7-9H2,1H3/t10-/m1/s1. The Morgan fingerprint density at radius 1 is 1.44 bits per heavy atom. The van der Waals surface area contributed by atoms with Gasteiger partial charge in [0.2, 0.25) is 0 Å². The van der Waals surface area contributed by atoms with Crippen LogP contribution < -0.4 is 4.72 Å². The first-order chi connectivity index (χ1) is 8.58. The second-order valence-corrected chi connectivity index (χ2v) is 6.02. The first-order valence-electron chi connectivity index (χ1n) is 5.95. The van der Waals surface area contributed by atoms with Crippen LogP contribution in [0.1, 0.15) is 12.7 Å². The van der Waals surface area contributed by atoms with Crippen LogP contribution in [0.4, 0.5) is 0 Å². The van der Waals surface area contributed by atoms with E-state index in [4.69, 9.17) is 9.15 Å². The van der Waals surface area contributed by atoms with E-state index < -0.39 is 10.2 Å². The summed E-state index contributed by atoms with van der Waals surface area (Å²) >= 11 is 0. The van der Waals surface area contributed by atoms with Crippen molar-refractivity contribution in [2.24, 2.45) is 0 Å². The maximum absolute atomic E-state index is 12.1. The van der Waals surface area contributed by atoms with Crippen molar-refractivity contribution in [1.29, 1.82) is 0 Å². The highest BCUT2D eigenvalue weighted by Crippen LogP contribution is 2.07. The highest BCUT2D eigenvalue weighted by atomic mass is 32.2. The molecule has 2 heterocycles. The van der Waals surface area contributed by atoms with Crippen molar-refractivity contribution in [2.45, 2.75) is 19.4 Å². The highest BCUT2D eigenvalue weighted by molar-refractivity contribution is 7.87. The lowest BCUT2D eigenvalue weighted by Gasteiger charge is -2.27. The first kappa shape index (κ1) is 13.5. The van der Waals surface area contributed by atoms with Gasteiger partial charge in [0.1, 0.15) is 5.76 Å². The number of rotatable bonds is 5. The molecular weight excluding hydrogens is 256 g/mol. The van der Waals surface area contributed by atoms with Crippen LogP contribution in [0.25, 0.3) is 0 Å². The molecule has 1 atom stereocenters. The van der Waals surface area contributed by atoms with Gasteiger partial charge in [-0.15, -0.1) is 0 Å². The van der Waals surface area contributed by atoms with E-state index in [2.05, 4.69) is 4.72 Å². The fraction of sp³-hybridized carbons (Fsp3) is 0.636. The Bertz CT molecular complexity index is 451. The minimum Gasteiger partial charge on any atom is -0.469 e. The molecule has 7 heteroatoms. The Balaban J connectivity index is 1.90. The molecule has 1 fully saturated rings. The Morgan fingerprint density at radius 2 is 2.17 bits per heavy atom. The molecule has 1 aliphatic heterocycles. The first-order valence-corrected chi connectivity index (χ1v) is 7.39. The number of ether oxygens (including phenoxy) is 1. The summed E-state index contributed by atoms with van der Waals surface area (Å²) in [5.74, 6) is 0.771. The van der Waals surface area contributed by atoms with Crippen LogP contribution in [-0.4, -0.2) is 45.1 Å². The van der Waals surface area contributed by atoms with Gasteiger partial charge >= 0.3 is 0 Å². The van der Waals surface area contributed by atoms with Gasteiger partial charge in [0, 0.05) is 25.6 Å². The fourth-order valence-electron chi connectivity index (χ4n) is 1.89. The number of furan rings is 1. The molecule has 0 bridgehead atoms. The van der Waals surface area contributed by atoms with Crippen molar-refractivity contribution in [3.05, 3.63) is 24.2 Å². The van der Waals surface area contributed by atoms with Crippen molar-refractivity contribution in [1.82, 2.24) is 9.03 Å². The maximum Gasteiger partial charge on any atom is 0.279 e. The van der Waals surface area contributed by atoms with Gasteiger partial charge in [-0.25, -0.2) is 0 Å². The molecule has 1 aromatic rings. The third-order valence-corrected chi connectivity index (χ3v) is 4.49. The van der Waals surface area contributed by atoms with E-state index in [1.54, 1.807) is 12.3 Å². The van der Waals surface area contributed by atoms with E-state index in [0.717, 1.165) is 5.76 Å². The highest BCUT2D eigenvalue weighted by Gasteiger charge is 2.25. The number of hydrogen-bond acceptors (Lipinski definition) is 4.